The van der Waals surface area contributed by atoms with Crippen LogP contribution in [0.3, 0.4) is 0 Å². The molecule has 90 valence electrons. The number of aromatic nitrogens is 1. The van der Waals surface area contributed by atoms with E-state index >= 15 is 0 Å². The summed E-state index contributed by atoms with van der Waals surface area (Å²) >= 11 is 0. The molecule has 3 nitrogen and oxygen atoms in total. The zero-order valence-corrected chi connectivity index (χ0v) is 7.86. The molecule has 0 saturated heterocycles. The average Bonchev–Trinajstić information content (AvgIpc) is 2.63. The van der Waals surface area contributed by atoms with E-state index in [4.69, 9.17) is 0 Å². The van der Waals surface area contributed by atoms with Crippen molar-refractivity contribution in [2.45, 2.75) is 12.1 Å². The fourth-order valence-electron chi connectivity index (χ4n) is 1.05. The smallest absolute Gasteiger partial charge is 0.458 e. The number of hydrogen-bond acceptors (Lipinski definition) is 2. The number of rotatable bonds is 2. The number of H-pyrrole nitrogens is 1. The Balaban J connectivity index is 3.24. The third-order valence-electron chi connectivity index (χ3n) is 1.83. The van der Waals surface area contributed by atoms with E-state index in [2.05, 4.69) is 4.74 Å². The maximum Gasteiger partial charge on any atom is 0.458 e. The van der Waals surface area contributed by atoms with Gasteiger partial charge in [-0.3, -0.25) is 0 Å². The lowest BCUT2D eigenvalue weighted by Gasteiger charge is -2.19. The Labute approximate surface area is 86.2 Å². The second kappa shape index (κ2) is 3.76. The first kappa shape index (κ1) is 12.5. The van der Waals surface area contributed by atoms with Gasteiger partial charge in [0.25, 0.3) is 0 Å². The molecule has 16 heavy (non-hydrogen) atoms. The molecule has 0 aliphatic heterocycles. The highest BCUT2D eigenvalue weighted by Crippen LogP contribution is 2.44. The summed E-state index contributed by atoms with van der Waals surface area (Å²) in [6, 6.07) is 0.486. The van der Waals surface area contributed by atoms with Gasteiger partial charge in [-0.25, -0.2) is 4.79 Å². The van der Waals surface area contributed by atoms with Gasteiger partial charge in [0.05, 0.1) is 12.7 Å². The Bertz CT molecular complexity index is 395. The fourth-order valence-corrected chi connectivity index (χ4v) is 1.05. The molecule has 0 atom stereocenters. The molecular weight excluding hydrogens is 237 g/mol. The number of alkyl halides is 5. The second-order valence-corrected chi connectivity index (χ2v) is 2.83. The average molecular weight is 243 g/mol. The minimum atomic E-state index is -5.77. The molecule has 0 spiro atoms. The first-order chi connectivity index (χ1) is 7.21. The van der Waals surface area contributed by atoms with Gasteiger partial charge in [0.2, 0.25) is 0 Å². The lowest BCUT2D eigenvalue weighted by molar-refractivity contribution is -0.289. The molecule has 0 fully saturated rings. The van der Waals surface area contributed by atoms with Crippen LogP contribution in [0.2, 0.25) is 0 Å². The van der Waals surface area contributed by atoms with Gasteiger partial charge in [0.1, 0.15) is 5.69 Å². The third kappa shape index (κ3) is 1.86. The molecule has 1 rings (SSSR count). The van der Waals surface area contributed by atoms with Crippen molar-refractivity contribution < 1.29 is 31.5 Å². The normalized spacial score (nSPS) is 12.6. The number of halogens is 5. The number of carbonyl (C=O) groups is 1. The molecule has 1 aromatic heterocycles. The van der Waals surface area contributed by atoms with Gasteiger partial charge in [-0.2, -0.15) is 22.0 Å². The number of carbonyl (C=O) groups excluding carboxylic acids is 1. The van der Waals surface area contributed by atoms with Crippen LogP contribution in [0.15, 0.2) is 12.3 Å². The SMILES string of the molecule is COC(=O)c1[nH]ccc1C(F)(F)C(F)(F)F. The van der Waals surface area contributed by atoms with Crippen molar-refractivity contribution in [2.75, 3.05) is 7.11 Å². The summed E-state index contributed by atoms with van der Waals surface area (Å²) in [5.41, 5.74) is -2.36. The van der Waals surface area contributed by atoms with Crippen LogP contribution in [0, 0.1) is 0 Å². The first-order valence-electron chi connectivity index (χ1n) is 3.92. The Morgan fingerprint density at radius 3 is 2.31 bits per heavy atom. The summed E-state index contributed by atoms with van der Waals surface area (Å²) in [6.45, 7) is 0. The zero-order chi connectivity index (χ0) is 12.6. The highest BCUT2D eigenvalue weighted by atomic mass is 19.4. The fraction of sp³-hybridized carbons (Fsp3) is 0.375. The molecule has 0 aliphatic carbocycles. The van der Waals surface area contributed by atoms with Crippen molar-refractivity contribution in [3.8, 4) is 0 Å². The van der Waals surface area contributed by atoms with E-state index < -0.39 is 29.3 Å². The van der Waals surface area contributed by atoms with Gasteiger partial charge in [-0.1, -0.05) is 0 Å². The predicted molar refractivity (Wildman–Crippen MR) is 42.1 cm³/mol. The molecule has 0 bridgehead atoms. The molecule has 0 aromatic carbocycles. The van der Waals surface area contributed by atoms with Gasteiger partial charge in [0.15, 0.2) is 0 Å². The van der Waals surface area contributed by atoms with Crippen LogP contribution >= 0.6 is 0 Å². The van der Waals surface area contributed by atoms with Crippen LogP contribution in [0.5, 0.6) is 0 Å². The van der Waals surface area contributed by atoms with E-state index in [0.29, 0.717) is 6.07 Å². The van der Waals surface area contributed by atoms with E-state index in [0.717, 1.165) is 13.3 Å². The van der Waals surface area contributed by atoms with Crippen LogP contribution in [0.1, 0.15) is 16.1 Å². The van der Waals surface area contributed by atoms with Crippen molar-refractivity contribution in [3.05, 3.63) is 23.5 Å². The lowest BCUT2D eigenvalue weighted by atomic mass is 10.1. The number of hydrogen-bond donors (Lipinski definition) is 1. The van der Waals surface area contributed by atoms with E-state index in [1.807, 2.05) is 4.98 Å². The third-order valence-corrected chi connectivity index (χ3v) is 1.83. The number of esters is 1. The van der Waals surface area contributed by atoms with E-state index in [9.17, 15) is 26.7 Å². The highest BCUT2D eigenvalue weighted by molar-refractivity contribution is 5.89. The van der Waals surface area contributed by atoms with Crippen LogP contribution in [0.25, 0.3) is 0 Å². The summed E-state index contributed by atoms with van der Waals surface area (Å²) < 4.78 is 66.0. The number of ether oxygens (including phenoxy) is 1. The Morgan fingerprint density at radius 1 is 1.31 bits per heavy atom. The molecule has 0 unspecified atom stereocenters. The quantitative estimate of drug-likeness (QED) is 0.640. The summed E-state index contributed by atoms with van der Waals surface area (Å²) in [7, 11) is 0.874. The molecule has 0 aliphatic rings. The Morgan fingerprint density at radius 2 is 1.88 bits per heavy atom. The van der Waals surface area contributed by atoms with Gasteiger partial charge in [-0.15, -0.1) is 0 Å². The highest BCUT2D eigenvalue weighted by Gasteiger charge is 2.60. The van der Waals surface area contributed by atoms with Gasteiger partial charge >= 0.3 is 18.1 Å². The standard InChI is InChI=1S/C8H6F5NO2/c1-16-6(15)5-4(2-3-14-5)7(9,10)8(11,12)13/h2-3,14H,1H3. The molecule has 1 heterocycles. The summed E-state index contributed by atoms with van der Waals surface area (Å²) in [5, 5.41) is 0. The van der Waals surface area contributed by atoms with Crippen molar-refractivity contribution in [1.29, 1.82) is 0 Å². The minimum Gasteiger partial charge on any atom is -0.464 e. The Hall–Kier alpha value is -1.60. The van der Waals surface area contributed by atoms with Crippen LogP contribution < -0.4 is 0 Å². The van der Waals surface area contributed by atoms with Crippen molar-refractivity contribution >= 4 is 5.97 Å². The van der Waals surface area contributed by atoms with Crippen LogP contribution in [-0.2, 0) is 10.7 Å². The predicted octanol–water partition coefficient (Wildman–Crippen LogP) is 2.46. The summed E-state index contributed by atoms with van der Waals surface area (Å²) in [4.78, 5) is 12.9. The second-order valence-electron chi connectivity index (χ2n) is 2.83. The lowest BCUT2D eigenvalue weighted by Crippen LogP contribution is -2.34. The number of nitrogens with one attached hydrogen (secondary N) is 1. The van der Waals surface area contributed by atoms with Crippen molar-refractivity contribution in [2.24, 2.45) is 0 Å². The monoisotopic (exact) mass is 243 g/mol. The molecular formula is C8H6F5NO2. The largest absolute Gasteiger partial charge is 0.464 e. The van der Waals surface area contributed by atoms with E-state index in [1.54, 1.807) is 0 Å². The van der Waals surface area contributed by atoms with Crippen LogP contribution in [0.4, 0.5) is 22.0 Å². The maximum absolute atomic E-state index is 12.9. The molecule has 0 saturated carbocycles. The summed E-state index contributed by atoms with van der Waals surface area (Å²) in [5.74, 6) is -6.39. The molecule has 1 N–H and O–H groups in total. The maximum atomic E-state index is 12.9. The topological polar surface area (TPSA) is 42.1 Å². The van der Waals surface area contributed by atoms with Crippen molar-refractivity contribution in [3.63, 3.8) is 0 Å². The zero-order valence-electron chi connectivity index (χ0n) is 7.86. The molecule has 1 aromatic rings. The number of methoxy groups -OCH3 is 1. The summed E-state index contributed by atoms with van der Waals surface area (Å²) in [6.07, 6.45) is -4.96. The molecule has 8 heteroatoms. The minimum absolute atomic E-state index is 0.486. The number of aromatic amines is 1. The van der Waals surface area contributed by atoms with Crippen LogP contribution in [-0.4, -0.2) is 24.2 Å². The van der Waals surface area contributed by atoms with Gasteiger partial charge < -0.3 is 9.72 Å². The molecule has 0 radical (unpaired) electrons. The first-order valence-corrected chi connectivity index (χ1v) is 3.92. The van der Waals surface area contributed by atoms with Crippen molar-refractivity contribution in [1.82, 2.24) is 4.98 Å². The van der Waals surface area contributed by atoms with E-state index in [-0.39, 0.29) is 0 Å². The van der Waals surface area contributed by atoms with Gasteiger partial charge in [0, 0.05) is 6.20 Å². The van der Waals surface area contributed by atoms with Gasteiger partial charge in [-0.05, 0) is 6.07 Å². The Kier molecular flexibility index (Phi) is 2.93. The molecule has 0 amide bonds. The van der Waals surface area contributed by atoms with E-state index in [1.165, 1.54) is 0 Å².